The minimum Gasteiger partial charge on any atom is -0.339 e. The highest BCUT2D eigenvalue weighted by Crippen LogP contribution is 2.27. The first-order valence-corrected chi connectivity index (χ1v) is 8.11. The number of nitrogens with zero attached hydrogens (tertiary/aromatic N) is 5. The lowest BCUT2D eigenvalue weighted by Crippen LogP contribution is -2.39. The summed E-state index contributed by atoms with van der Waals surface area (Å²) in [5.74, 6) is 0.124. The summed E-state index contributed by atoms with van der Waals surface area (Å²) < 4.78 is 19.6. The molecule has 0 unspecified atom stereocenters. The van der Waals surface area contributed by atoms with E-state index in [0.717, 1.165) is 12.8 Å². The van der Waals surface area contributed by atoms with Crippen LogP contribution in [0.15, 0.2) is 29.0 Å². The van der Waals surface area contributed by atoms with E-state index < -0.39 is 5.82 Å². The number of halogens is 1. The minimum absolute atomic E-state index is 0.00959. The van der Waals surface area contributed by atoms with Crippen LogP contribution in [0.3, 0.4) is 0 Å². The van der Waals surface area contributed by atoms with Crippen molar-refractivity contribution >= 4 is 16.9 Å². The molecule has 1 atom stereocenters. The maximum Gasteiger partial charge on any atom is 0.256 e. The molecule has 0 bridgehead atoms. The molecule has 0 N–H and O–H groups in total. The Bertz CT molecular complexity index is 942. The number of hydrogen-bond donors (Lipinski definition) is 0. The minimum atomic E-state index is -0.589. The third kappa shape index (κ3) is 2.95. The predicted octanol–water partition coefficient (Wildman–Crippen LogP) is 2.48. The van der Waals surface area contributed by atoms with Crippen LogP contribution in [0.25, 0.3) is 11.0 Å². The Labute approximate surface area is 142 Å². The number of fused-ring (bicyclic) bond motifs is 1. The summed E-state index contributed by atoms with van der Waals surface area (Å²) in [7, 11) is 0. The summed E-state index contributed by atoms with van der Waals surface area (Å²) in [5.41, 5.74) is 0.929. The smallest absolute Gasteiger partial charge is 0.256 e. The molecule has 128 valence electrons. The quantitative estimate of drug-likeness (QED) is 0.712. The molecule has 1 fully saturated rings. The Morgan fingerprint density at radius 1 is 1.28 bits per heavy atom. The van der Waals surface area contributed by atoms with Gasteiger partial charge < -0.3 is 9.42 Å². The second kappa shape index (κ2) is 6.19. The van der Waals surface area contributed by atoms with Crippen molar-refractivity contribution in [2.24, 2.45) is 0 Å². The van der Waals surface area contributed by atoms with Gasteiger partial charge in [-0.15, -0.1) is 0 Å². The molecule has 3 aromatic rings. The van der Waals surface area contributed by atoms with Gasteiger partial charge in [0.2, 0.25) is 5.89 Å². The molecule has 8 heteroatoms. The molecule has 1 aliphatic heterocycles. The van der Waals surface area contributed by atoms with Crippen molar-refractivity contribution in [2.75, 3.05) is 13.1 Å². The third-order valence-electron chi connectivity index (χ3n) is 4.39. The van der Waals surface area contributed by atoms with Gasteiger partial charge in [0.25, 0.3) is 5.91 Å². The van der Waals surface area contributed by atoms with Crippen molar-refractivity contribution in [2.45, 2.75) is 25.7 Å². The van der Waals surface area contributed by atoms with Crippen LogP contribution >= 0.6 is 0 Å². The van der Waals surface area contributed by atoms with Crippen molar-refractivity contribution in [3.63, 3.8) is 0 Å². The first-order valence-electron chi connectivity index (χ1n) is 8.11. The molecule has 1 saturated heterocycles. The van der Waals surface area contributed by atoms with Crippen LogP contribution in [0.5, 0.6) is 0 Å². The van der Waals surface area contributed by atoms with Gasteiger partial charge in [0.15, 0.2) is 5.82 Å². The number of amides is 1. The lowest BCUT2D eigenvalue weighted by atomic mass is 9.97. The van der Waals surface area contributed by atoms with Crippen LogP contribution in [-0.2, 0) is 0 Å². The highest BCUT2D eigenvalue weighted by atomic mass is 19.1. The summed E-state index contributed by atoms with van der Waals surface area (Å²) in [6.45, 7) is 2.75. The lowest BCUT2D eigenvalue weighted by molar-refractivity contribution is 0.0691. The topological polar surface area (TPSA) is 85.0 Å². The van der Waals surface area contributed by atoms with E-state index in [-0.39, 0.29) is 17.4 Å². The van der Waals surface area contributed by atoms with E-state index in [1.54, 1.807) is 11.8 Å². The van der Waals surface area contributed by atoms with Crippen molar-refractivity contribution in [3.8, 4) is 0 Å². The fourth-order valence-electron chi connectivity index (χ4n) is 3.16. The first-order chi connectivity index (χ1) is 12.1. The highest BCUT2D eigenvalue weighted by molar-refractivity contribution is 5.97. The molecule has 0 aliphatic carbocycles. The SMILES string of the molecule is Cc1noc([C@H]2CCCN(C(=O)c3cc4nccnc4cc3F)C2)n1. The van der Waals surface area contributed by atoms with Gasteiger partial charge >= 0.3 is 0 Å². The van der Waals surface area contributed by atoms with Gasteiger partial charge in [-0.2, -0.15) is 4.98 Å². The second-order valence-corrected chi connectivity index (χ2v) is 6.15. The van der Waals surface area contributed by atoms with Crippen molar-refractivity contribution in [1.82, 2.24) is 25.0 Å². The fourth-order valence-corrected chi connectivity index (χ4v) is 3.16. The zero-order valence-corrected chi connectivity index (χ0v) is 13.6. The molecule has 1 aliphatic rings. The Balaban J connectivity index is 1.61. The molecule has 3 heterocycles. The molecule has 0 radical (unpaired) electrons. The Kier molecular flexibility index (Phi) is 3.87. The lowest BCUT2D eigenvalue weighted by Gasteiger charge is -2.31. The predicted molar refractivity (Wildman–Crippen MR) is 86.4 cm³/mol. The molecule has 2 aromatic heterocycles. The van der Waals surface area contributed by atoms with E-state index >= 15 is 0 Å². The van der Waals surface area contributed by atoms with Gasteiger partial charge in [0.1, 0.15) is 5.82 Å². The number of carbonyl (C=O) groups is 1. The molecule has 4 rings (SSSR count). The number of likely N-dealkylation sites (tertiary alicyclic amines) is 1. The zero-order chi connectivity index (χ0) is 17.4. The van der Waals surface area contributed by atoms with Crippen molar-refractivity contribution in [3.05, 3.63) is 47.6 Å². The van der Waals surface area contributed by atoms with Crippen molar-refractivity contribution in [1.29, 1.82) is 0 Å². The standard InChI is InChI=1S/C17H16FN5O2/c1-10-21-16(25-22-10)11-3-2-6-23(9-11)17(24)12-7-14-15(8-13(12)18)20-5-4-19-14/h4-5,7-8,11H,2-3,6,9H2,1H3/t11-/m0/s1. The number of hydrogen-bond acceptors (Lipinski definition) is 6. The second-order valence-electron chi connectivity index (χ2n) is 6.15. The fraction of sp³-hybridized carbons (Fsp3) is 0.353. The number of benzene rings is 1. The first kappa shape index (κ1) is 15.6. The number of aryl methyl sites for hydroxylation is 1. The summed E-state index contributed by atoms with van der Waals surface area (Å²) >= 11 is 0. The van der Waals surface area contributed by atoms with Crippen LogP contribution in [0.2, 0.25) is 0 Å². The molecular formula is C17H16FN5O2. The van der Waals surface area contributed by atoms with Gasteiger partial charge in [-0.25, -0.2) is 4.39 Å². The molecule has 1 aromatic carbocycles. The molecule has 0 spiro atoms. The van der Waals surface area contributed by atoms with Gasteiger partial charge in [0.05, 0.1) is 22.5 Å². The largest absolute Gasteiger partial charge is 0.339 e. The average molecular weight is 341 g/mol. The zero-order valence-electron chi connectivity index (χ0n) is 13.6. The van der Waals surface area contributed by atoms with E-state index in [0.29, 0.717) is 35.8 Å². The summed E-state index contributed by atoms with van der Waals surface area (Å²) in [6, 6.07) is 2.71. The van der Waals surface area contributed by atoms with Crippen LogP contribution in [-0.4, -0.2) is 44.0 Å². The van der Waals surface area contributed by atoms with Crippen LogP contribution in [0, 0.1) is 12.7 Å². The molecule has 7 nitrogen and oxygen atoms in total. The van der Waals surface area contributed by atoms with E-state index in [1.165, 1.54) is 24.5 Å². The highest BCUT2D eigenvalue weighted by Gasteiger charge is 2.30. The number of rotatable bonds is 2. The maximum absolute atomic E-state index is 14.4. The Hall–Kier alpha value is -2.90. The number of carbonyl (C=O) groups excluding carboxylic acids is 1. The summed E-state index contributed by atoms with van der Waals surface area (Å²) in [5, 5.41) is 3.80. The summed E-state index contributed by atoms with van der Waals surface area (Å²) in [6.07, 6.45) is 4.66. The Morgan fingerprint density at radius 2 is 2.04 bits per heavy atom. The molecule has 1 amide bonds. The van der Waals surface area contributed by atoms with Crippen molar-refractivity contribution < 1.29 is 13.7 Å². The molecule has 0 saturated carbocycles. The van der Waals surface area contributed by atoms with Crippen LogP contribution in [0.1, 0.15) is 40.8 Å². The van der Waals surface area contributed by atoms with Gasteiger partial charge in [0, 0.05) is 31.5 Å². The van der Waals surface area contributed by atoms with Gasteiger partial charge in [-0.3, -0.25) is 14.8 Å². The number of aromatic nitrogens is 4. The average Bonchev–Trinajstić information content (AvgIpc) is 3.07. The van der Waals surface area contributed by atoms with Gasteiger partial charge in [-0.1, -0.05) is 5.16 Å². The van der Waals surface area contributed by atoms with E-state index in [9.17, 15) is 9.18 Å². The molecular weight excluding hydrogens is 325 g/mol. The normalized spacial score (nSPS) is 17.8. The molecule has 25 heavy (non-hydrogen) atoms. The number of piperidine rings is 1. The van der Waals surface area contributed by atoms with E-state index in [1.807, 2.05) is 0 Å². The van der Waals surface area contributed by atoms with Crippen LogP contribution < -0.4 is 0 Å². The van der Waals surface area contributed by atoms with E-state index in [2.05, 4.69) is 20.1 Å². The summed E-state index contributed by atoms with van der Waals surface area (Å²) in [4.78, 5) is 26.9. The van der Waals surface area contributed by atoms with Gasteiger partial charge in [-0.05, 0) is 25.8 Å². The maximum atomic E-state index is 14.4. The Morgan fingerprint density at radius 3 is 2.76 bits per heavy atom. The third-order valence-corrected chi connectivity index (χ3v) is 4.39. The monoisotopic (exact) mass is 341 g/mol. The van der Waals surface area contributed by atoms with E-state index in [4.69, 9.17) is 4.52 Å². The van der Waals surface area contributed by atoms with Crippen LogP contribution in [0.4, 0.5) is 4.39 Å².